The van der Waals surface area contributed by atoms with E-state index in [-0.39, 0.29) is 11.0 Å². The van der Waals surface area contributed by atoms with Gasteiger partial charge >= 0.3 is 68.0 Å². The van der Waals surface area contributed by atoms with Gasteiger partial charge in [0.1, 0.15) is 0 Å². The predicted molar refractivity (Wildman–Crippen MR) is 51.5 cm³/mol. The normalized spacial score (nSPS) is 8.23. The minimum Gasteiger partial charge on any atom is -0.870 e. The van der Waals surface area contributed by atoms with Gasteiger partial charge in [0.25, 0.3) is 0 Å². The molecule has 2 N–H and O–H groups in total. The monoisotopic (exact) mass is 180 g/mol. The Morgan fingerprint density at radius 1 is 1.23 bits per heavy atom. The molecule has 0 unspecified atom stereocenters. The van der Waals surface area contributed by atoms with Crippen LogP contribution in [-0.2, 0) is 0 Å². The second-order valence-electron chi connectivity index (χ2n) is 2.39. The molecule has 1 aromatic rings. The van der Waals surface area contributed by atoms with Gasteiger partial charge in [-0.3, -0.25) is 0 Å². The van der Waals surface area contributed by atoms with Gasteiger partial charge in [-0.25, -0.2) is 0 Å². The summed E-state index contributed by atoms with van der Waals surface area (Å²) >= 11 is 0. The van der Waals surface area contributed by atoms with E-state index in [9.17, 15) is 0 Å². The molecule has 0 amide bonds. The third kappa shape index (κ3) is 4.55. The minimum atomic E-state index is 0. The van der Waals surface area contributed by atoms with Gasteiger partial charge in [-0.2, -0.15) is 0 Å². The van der Waals surface area contributed by atoms with Gasteiger partial charge < -0.3 is 11.0 Å². The first-order valence-electron chi connectivity index (χ1n) is 3.82. The third-order valence-electron chi connectivity index (χ3n) is 1.38. The fraction of sp³-hybridized carbons (Fsp3) is 0.333. The van der Waals surface area contributed by atoms with Crippen molar-refractivity contribution in [1.82, 2.24) is 0 Å². The van der Waals surface area contributed by atoms with Crippen LogP contribution < -0.4 is 10.2 Å². The van der Waals surface area contributed by atoms with Crippen molar-refractivity contribution in [3.05, 3.63) is 24.3 Å². The molecule has 0 aliphatic carbocycles. The molecule has 0 atom stereocenters. The molecule has 0 radical (unpaired) electrons. The maximum absolute atomic E-state index is 5.64. The summed E-state index contributed by atoms with van der Waals surface area (Å²) in [4.78, 5) is 0. The Balaban J connectivity index is 0. The molecule has 0 aromatic heterocycles. The SMILES string of the molecule is [B+2]c1ccccc1OCCC.[OH-].[OH-]. The van der Waals surface area contributed by atoms with Gasteiger partial charge in [-0.05, 0) is 0 Å². The van der Waals surface area contributed by atoms with Crippen LogP contribution in [0.2, 0.25) is 0 Å². The first-order valence-corrected chi connectivity index (χ1v) is 3.82. The molecule has 0 spiro atoms. The fourth-order valence-corrected chi connectivity index (χ4v) is 0.824. The van der Waals surface area contributed by atoms with Gasteiger partial charge in [0, 0.05) is 0 Å². The van der Waals surface area contributed by atoms with Crippen molar-refractivity contribution in [3.8, 4) is 5.75 Å². The summed E-state index contributed by atoms with van der Waals surface area (Å²) < 4.78 is 5.36. The van der Waals surface area contributed by atoms with Crippen LogP contribution in [0.3, 0.4) is 0 Å². The molecule has 0 aliphatic heterocycles. The molecule has 0 aliphatic rings. The number of rotatable bonds is 3. The van der Waals surface area contributed by atoms with E-state index in [0.29, 0.717) is 5.46 Å². The van der Waals surface area contributed by atoms with Gasteiger partial charge in [0.2, 0.25) is 0 Å². The van der Waals surface area contributed by atoms with E-state index < -0.39 is 0 Å². The second-order valence-corrected chi connectivity index (χ2v) is 2.39. The molecule has 70 valence electrons. The van der Waals surface area contributed by atoms with Crippen LogP contribution in [0, 0.1) is 0 Å². The summed E-state index contributed by atoms with van der Waals surface area (Å²) in [6.07, 6.45) is 1.01. The molecule has 0 saturated carbocycles. The van der Waals surface area contributed by atoms with Gasteiger partial charge in [0.15, 0.2) is 0 Å². The van der Waals surface area contributed by atoms with Crippen molar-refractivity contribution >= 4 is 13.3 Å². The zero-order valence-corrected chi connectivity index (χ0v) is 7.60. The first kappa shape index (κ1) is 14.5. The number of hydrogen-bond acceptors (Lipinski definition) is 3. The fourth-order valence-electron chi connectivity index (χ4n) is 0.824. The molecule has 0 heterocycles. The van der Waals surface area contributed by atoms with Crippen molar-refractivity contribution in [1.29, 1.82) is 0 Å². The van der Waals surface area contributed by atoms with Crippen molar-refractivity contribution in [2.75, 3.05) is 6.61 Å². The Morgan fingerprint density at radius 3 is 2.38 bits per heavy atom. The van der Waals surface area contributed by atoms with Crippen molar-refractivity contribution in [3.63, 3.8) is 0 Å². The Kier molecular flexibility index (Phi) is 8.54. The molecule has 1 rings (SSSR count). The average molecular weight is 180 g/mol. The summed E-state index contributed by atoms with van der Waals surface area (Å²) in [5, 5.41) is 0. The van der Waals surface area contributed by atoms with E-state index in [1.165, 1.54) is 0 Å². The number of para-hydroxylation sites is 1. The molecule has 1 aromatic carbocycles. The van der Waals surface area contributed by atoms with Crippen molar-refractivity contribution in [2.24, 2.45) is 0 Å². The smallest absolute Gasteiger partial charge is 0.870 e. The van der Waals surface area contributed by atoms with E-state index in [1.807, 2.05) is 24.3 Å². The summed E-state index contributed by atoms with van der Waals surface area (Å²) in [5.74, 6) is 0.786. The Morgan fingerprint density at radius 2 is 1.85 bits per heavy atom. The largest absolute Gasteiger partial charge is 0.870 e. The predicted octanol–water partition coefficient (Wildman–Crippen LogP) is 0.916. The Hall–Kier alpha value is -0.995. The van der Waals surface area contributed by atoms with E-state index in [2.05, 4.69) is 6.92 Å². The maximum Gasteiger partial charge on any atom is -0.870 e. The first-order chi connectivity index (χ1) is 5.34. The molecule has 0 bridgehead atoms. The van der Waals surface area contributed by atoms with E-state index in [0.717, 1.165) is 18.8 Å². The minimum absolute atomic E-state index is 0. The maximum atomic E-state index is 5.64. The number of hydrogen-bond donors (Lipinski definition) is 0. The van der Waals surface area contributed by atoms with Gasteiger partial charge in [-0.15, -0.1) is 0 Å². The van der Waals surface area contributed by atoms with Crippen LogP contribution in [0.1, 0.15) is 13.3 Å². The Labute approximate surface area is 79.8 Å². The van der Waals surface area contributed by atoms with Crippen LogP contribution in [0.25, 0.3) is 0 Å². The van der Waals surface area contributed by atoms with Gasteiger partial charge in [-0.1, -0.05) is 0 Å². The summed E-state index contributed by atoms with van der Waals surface area (Å²) in [6.45, 7) is 2.80. The zero-order valence-electron chi connectivity index (χ0n) is 7.60. The van der Waals surface area contributed by atoms with Crippen LogP contribution in [-0.4, -0.2) is 25.4 Å². The van der Waals surface area contributed by atoms with Crippen LogP contribution in [0.4, 0.5) is 0 Å². The molecule has 13 heavy (non-hydrogen) atoms. The summed E-state index contributed by atoms with van der Waals surface area (Å²) in [7, 11) is 5.64. The zero-order chi connectivity index (χ0) is 8.10. The quantitative estimate of drug-likeness (QED) is 0.649. The van der Waals surface area contributed by atoms with Crippen molar-refractivity contribution < 1.29 is 15.7 Å². The molecular formula is C9H13BO3. The molecular weight excluding hydrogens is 167 g/mol. The van der Waals surface area contributed by atoms with Crippen LogP contribution in [0.15, 0.2) is 24.3 Å². The molecule has 4 heteroatoms. The topological polar surface area (TPSA) is 69.2 Å². The van der Waals surface area contributed by atoms with Crippen LogP contribution in [0.5, 0.6) is 5.75 Å². The number of ether oxygens (including phenoxy) is 1. The molecule has 0 saturated heterocycles. The molecule has 0 fully saturated rings. The third-order valence-corrected chi connectivity index (χ3v) is 1.38. The standard InChI is InChI=1S/C9H11BO.2H2O/c1-2-7-11-9-6-4-3-5-8(9)10;;/h3-6H,2,7H2,1H3;2*1H2/q+2;;/p-2. The second kappa shape index (κ2) is 7.64. The summed E-state index contributed by atoms with van der Waals surface area (Å²) in [6, 6.07) is 7.53. The number of benzene rings is 1. The van der Waals surface area contributed by atoms with E-state index >= 15 is 0 Å². The average Bonchev–Trinajstić information content (AvgIpc) is 2.03. The molecule has 3 nitrogen and oxygen atoms in total. The van der Waals surface area contributed by atoms with Crippen LogP contribution >= 0.6 is 0 Å². The van der Waals surface area contributed by atoms with E-state index in [1.54, 1.807) is 0 Å². The van der Waals surface area contributed by atoms with Crippen molar-refractivity contribution in [2.45, 2.75) is 13.3 Å². The van der Waals surface area contributed by atoms with Gasteiger partial charge in [0.05, 0.1) is 0 Å². The summed E-state index contributed by atoms with van der Waals surface area (Å²) in [5.41, 5.74) is 0.709. The Bertz CT molecular complexity index is 228. The van der Waals surface area contributed by atoms with E-state index in [4.69, 9.17) is 12.6 Å².